The number of nitrogens with one attached hydrogen (secondary N) is 1. The van der Waals surface area contributed by atoms with Gasteiger partial charge in [0, 0.05) is 6.04 Å². The Kier molecular flexibility index (Phi) is 3.27. The lowest BCUT2D eigenvalue weighted by molar-refractivity contribution is 0.473. The first-order valence-electron chi connectivity index (χ1n) is 7.16. The highest BCUT2D eigenvalue weighted by Crippen LogP contribution is 2.46. The van der Waals surface area contributed by atoms with Gasteiger partial charge in [0.25, 0.3) is 0 Å². The topological polar surface area (TPSA) is 32.3 Å². The minimum Gasteiger partial charge on any atom is -0.508 e. The molecule has 0 heterocycles. The highest BCUT2D eigenvalue weighted by molar-refractivity contribution is 5.35. The van der Waals surface area contributed by atoms with E-state index in [-0.39, 0.29) is 6.04 Å². The quantitative estimate of drug-likeness (QED) is 0.881. The van der Waals surface area contributed by atoms with Crippen molar-refractivity contribution in [2.24, 2.45) is 5.41 Å². The Hall–Kier alpha value is -1.80. The summed E-state index contributed by atoms with van der Waals surface area (Å²) in [6, 6.07) is 18.7. The van der Waals surface area contributed by atoms with Crippen molar-refractivity contribution in [3.8, 4) is 5.75 Å². The van der Waals surface area contributed by atoms with Gasteiger partial charge in [-0.25, -0.2) is 0 Å². The third-order valence-electron chi connectivity index (χ3n) is 4.24. The molecule has 2 unspecified atom stereocenters. The van der Waals surface area contributed by atoms with E-state index in [9.17, 15) is 5.11 Å². The molecule has 0 saturated heterocycles. The molecule has 3 rings (SSSR count). The van der Waals surface area contributed by atoms with Crippen LogP contribution >= 0.6 is 0 Å². The van der Waals surface area contributed by atoms with Crippen molar-refractivity contribution in [2.45, 2.75) is 32.4 Å². The Morgan fingerprint density at radius 1 is 1.00 bits per heavy atom. The predicted octanol–water partition coefficient (Wildman–Crippen LogP) is 3.87. The van der Waals surface area contributed by atoms with E-state index in [0.29, 0.717) is 17.2 Å². The molecular formula is C18H21NO. The summed E-state index contributed by atoms with van der Waals surface area (Å²) in [7, 11) is 0. The van der Waals surface area contributed by atoms with Crippen LogP contribution in [0.25, 0.3) is 0 Å². The molecule has 0 aromatic heterocycles. The molecule has 1 fully saturated rings. The minimum absolute atomic E-state index is 0.184. The molecule has 0 aliphatic heterocycles. The fourth-order valence-corrected chi connectivity index (χ4v) is 2.65. The van der Waals surface area contributed by atoms with Crippen LogP contribution in [0.1, 0.15) is 37.4 Å². The second-order valence-corrected chi connectivity index (χ2v) is 6.35. The first-order valence-corrected chi connectivity index (χ1v) is 7.16. The molecule has 2 aromatic rings. The molecule has 2 heteroatoms. The van der Waals surface area contributed by atoms with E-state index in [4.69, 9.17) is 0 Å². The fourth-order valence-electron chi connectivity index (χ4n) is 2.65. The maximum absolute atomic E-state index is 9.47. The molecule has 2 N–H and O–H groups in total. The molecule has 0 spiro atoms. The van der Waals surface area contributed by atoms with Gasteiger partial charge >= 0.3 is 0 Å². The van der Waals surface area contributed by atoms with Crippen molar-refractivity contribution < 1.29 is 5.11 Å². The Balaban J connectivity index is 1.89. The molecule has 1 saturated carbocycles. The van der Waals surface area contributed by atoms with Gasteiger partial charge in [0.15, 0.2) is 0 Å². The van der Waals surface area contributed by atoms with Gasteiger partial charge < -0.3 is 10.4 Å². The van der Waals surface area contributed by atoms with E-state index in [0.717, 1.165) is 0 Å². The van der Waals surface area contributed by atoms with Crippen LogP contribution < -0.4 is 5.32 Å². The van der Waals surface area contributed by atoms with Crippen LogP contribution in [0.4, 0.5) is 0 Å². The summed E-state index contributed by atoms with van der Waals surface area (Å²) >= 11 is 0. The van der Waals surface area contributed by atoms with E-state index in [1.165, 1.54) is 17.5 Å². The summed E-state index contributed by atoms with van der Waals surface area (Å²) in [4.78, 5) is 0. The second-order valence-electron chi connectivity index (χ2n) is 6.35. The molecule has 1 aliphatic carbocycles. The van der Waals surface area contributed by atoms with Gasteiger partial charge in [-0.15, -0.1) is 0 Å². The van der Waals surface area contributed by atoms with E-state index in [1.807, 2.05) is 18.2 Å². The van der Waals surface area contributed by atoms with Crippen molar-refractivity contribution in [1.82, 2.24) is 5.32 Å². The van der Waals surface area contributed by atoms with Crippen LogP contribution in [0.5, 0.6) is 5.75 Å². The summed E-state index contributed by atoms with van der Waals surface area (Å²) in [6.07, 6.45) is 1.22. The Labute approximate surface area is 120 Å². The normalized spacial score (nSPS) is 21.4. The number of phenols is 1. The van der Waals surface area contributed by atoms with Gasteiger partial charge in [-0.2, -0.15) is 0 Å². The largest absolute Gasteiger partial charge is 0.508 e. The van der Waals surface area contributed by atoms with Crippen molar-refractivity contribution in [3.05, 3.63) is 65.7 Å². The monoisotopic (exact) mass is 267 g/mol. The van der Waals surface area contributed by atoms with E-state index in [2.05, 4.69) is 43.4 Å². The summed E-state index contributed by atoms with van der Waals surface area (Å²) in [5.74, 6) is 0.312. The highest BCUT2D eigenvalue weighted by Gasteiger charge is 2.46. The number of hydrogen-bond acceptors (Lipinski definition) is 2. The summed E-state index contributed by atoms with van der Waals surface area (Å²) < 4.78 is 0. The summed E-state index contributed by atoms with van der Waals surface area (Å²) in [5, 5.41) is 13.2. The number of hydrogen-bond donors (Lipinski definition) is 2. The zero-order chi connectivity index (χ0) is 14.2. The number of phenolic OH excluding ortho intramolecular Hbond substituents is 1. The summed E-state index contributed by atoms with van der Waals surface area (Å²) in [6.45, 7) is 4.59. The number of rotatable bonds is 4. The molecule has 2 nitrogen and oxygen atoms in total. The molecule has 0 bridgehead atoms. The third kappa shape index (κ3) is 2.70. The van der Waals surface area contributed by atoms with Gasteiger partial charge in [0.1, 0.15) is 5.75 Å². The first-order chi connectivity index (χ1) is 9.56. The molecule has 20 heavy (non-hydrogen) atoms. The Morgan fingerprint density at radius 2 is 1.55 bits per heavy atom. The second kappa shape index (κ2) is 4.95. The molecule has 104 valence electrons. The van der Waals surface area contributed by atoms with Crippen LogP contribution in [0.2, 0.25) is 0 Å². The predicted molar refractivity (Wildman–Crippen MR) is 81.7 cm³/mol. The van der Waals surface area contributed by atoms with Crippen LogP contribution in [0.3, 0.4) is 0 Å². The Bertz CT molecular complexity index is 574. The number of benzene rings is 2. The van der Waals surface area contributed by atoms with Gasteiger partial charge in [0.2, 0.25) is 0 Å². The van der Waals surface area contributed by atoms with Crippen LogP contribution in [0, 0.1) is 5.41 Å². The SMILES string of the molecule is CC1(C)CC1NC(c1ccccc1)c1ccc(O)cc1. The number of aromatic hydroxyl groups is 1. The van der Waals surface area contributed by atoms with Gasteiger partial charge in [-0.3, -0.25) is 0 Å². The average molecular weight is 267 g/mol. The van der Waals surface area contributed by atoms with E-state index in [1.54, 1.807) is 12.1 Å². The lowest BCUT2D eigenvalue weighted by atomic mass is 9.98. The van der Waals surface area contributed by atoms with E-state index >= 15 is 0 Å². The molecule has 1 aliphatic rings. The zero-order valence-electron chi connectivity index (χ0n) is 12.0. The molecule has 2 atom stereocenters. The van der Waals surface area contributed by atoms with E-state index < -0.39 is 0 Å². The van der Waals surface area contributed by atoms with Crippen LogP contribution in [-0.2, 0) is 0 Å². The molecule has 0 amide bonds. The van der Waals surface area contributed by atoms with Crippen LogP contribution in [-0.4, -0.2) is 11.1 Å². The smallest absolute Gasteiger partial charge is 0.115 e. The van der Waals surface area contributed by atoms with Gasteiger partial charge in [-0.05, 0) is 35.1 Å². The third-order valence-corrected chi connectivity index (χ3v) is 4.24. The molecule has 0 radical (unpaired) electrons. The van der Waals surface area contributed by atoms with Gasteiger partial charge in [-0.1, -0.05) is 56.3 Å². The van der Waals surface area contributed by atoms with Crippen molar-refractivity contribution >= 4 is 0 Å². The fraction of sp³-hybridized carbons (Fsp3) is 0.333. The van der Waals surface area contributed by atoms with Gasteiger partial charge in [0.05, 0.1) is 6.04 Å². The molecule has 2 aromatic carbocycles. The maximum atomic E-state index is 9.47. The van der Waals surface area contributed by atoms with Crippen molar-refractivity contribution in [3.63, 3.8) is 0 Å². The van der Waals surface area contributed by atoms with Crippen LogP contribution in [0.15, 0.2) is 54.6 Å². The lowest BCUT2D eigenvalue weighted by Gasteiger charge is -2.21. The summed E-state index contributed by atoms with van der Waals surface area (Å²) in [5.41, 5.74) is 2.85. The average Bonchev–Trinajstić information content (AvgIpc) is 3.05. The lowest BCUT2D eigenvalue weighted by Crippen LogP contribution is -2.27. The van der Waals surface area contributed by atoms with Crippen molar-refractivity contribution in [2.75, 3.05) is 0 Å². The Morgan fingerprint density at radius 3 is 2.10 bits per heavy atom. The zero-order valence-corrected chi connectivity index (χ0v) is 12.0. The molecular weight excluding hydrogens is 246 g/mol. The minimum atomic E-state index is 0.184. The highest BCUT2D eigenvalue weighted by atomic mass is 16.3. The standard InChI is InChI=1S/C18H21NO/c1-18(2)12-16(18)19-17(13-6-4-3-5-7-13)14-8-10-15(20)11-9-14/h3-11,16-17,19-20H,12H2,1-2H3. The van der Waals surface area contributed by atoms with Crippen molar-refractivity contribution in [1.29, 1.82) is 0 Å². The maximum Gasteiger partial charge on any atom is 0.115 e. The first kappa shape index (κ1) is 13.2.